The fourth-order valence-electron chi connectivity index (χ4n) is 7.01. The molecular formula is C30H44N6O5. The standard InChI is InChI=1S/C30H44N6O5/c1-3-9-20(22(31)21-10-5-6-11-30(21)40-16-17-41-30)24(37)26-32-25-23(36(4-2)28(38)34-25)27(33-26)39-19-29(12-13-29)18-35-14-7-8-15-35/h21H,3-19,31H2,1-2H3,(H,32,33,34,38)/b22-20-/t21-/m1/s1. The number of ether oxygens (including phenoxy) is 3. The molecule has 224 valence electrons. The van der Waals surface area contributed by atoms with Gasteiger partial charge < -0.3 is 24.8 Å². The first-order valence-electron chi connectivity index (χ1n) is 15.6. The van der Waals surface area contributed by atoms with E-state index < -0.39 is 5.79 Å². The van der Waals surface area contributed by atoms with Gasteiger partial charge in [-0.1, -0.05) is 19.8 Å². The molecule has 1 atom stereocenters. The Morgan fingerprint density at radius 2 is 1.85 bits per heavy atom. The molecule has 11 nitrogen and oxygen atoms in total. The highest BCUT2D eigenvalue weighted by Gasteiger charge is 2.48. The van der Waals surface area contributed by atoms with Gasteiger partial charge in [-0.25, -0.2) is 9.78 Å². The minimum absolute atomic E-state index is 0.00842. The molecule has 1 spiro atoms. The number of rotatable bonds is 11. The van der Waals surface area contributed by atoms with Crippen molar-refractivity contribution in [2.75, 3.05) is 39.5 Å². The number of ketones is 1. The first-order chi connectivity index (χ1) is 19.9. The van der Waals surface area contributed by atoms with Crippen molar-refractivity contribution >= 4 is 16.9 Å². The van der Waals surface area contributed by atoms with Crippen LogP contribution < -0.4 is 16.2 Å². The Hall–Kier alpha value is -2.76. The van der Waals surface area contributed by atoms with Gasteiger partial charge in [-0.05, 0) is 65.0 Å². The number of imidazole rings is 1. The van der Waals surface area contributed by atoms with Gasteiger partial charge in [-0.2, -0.15) is 4.98 Å². The van der Waals surface area contributed by atoms with Crippen LogP contribution in [0.2, 0.25) is 0 Å². The molecule has 2 aliphatic heterocycles. The van der Waals surface area contributed by atoms with E-state index in [2.05, 4.69) is 19.9 Å². The van der Waals surface area contributed by atoms with Gasteiger partial charge in [0.2, 0.25) is 17.5 Å². The van der Waals surface area contributed by atoms with E-state index in [9.17, 15) is 9.59 Å². The number of likely N-dealkylation sites (tertiary alicyclic amines) is 1. The van der Waals surface area contributed by atoms with Crippen molar-refractivity contribution in [1.82, 2.24) is 24.4 Å². The molecule has 3 N–H and O–H groups in total. The second-order valence-corrected chi connectivity index (χ2v) is 12.3. The van der Waals surface area contributed by atoms with Crippen LogP contribution >= 0.6 is 0 Å². The molecular weight excluding hydrogens is 524 g/mol. The van der Waals surface area contributed by atoms with Crippen LogP contribution in [0.1, 0.15) is 88.7 Å². The molecule has 6 rings (SSSR count). The van der Waals surface area contributed by atoms with E-state index >= 15 is 0 Å². The number of nitrogens with zero attached hydrogens (tertiary/aromatic N) is 4. The van der Waals surface area contributed by atoms with E-state index in [0.717, 1.165) is 64.6 Å². The van der Waals surface area contributed by atoms with E-state index in [1.807, 2.05) is 13.8 Å². The highest BCUT2D eigenvalue weighted by Crippen LogP contribution is 2.47. The SMILES string of the molecule is CCC/C(C(=O)c1nc(OCC2(CN3CCCC3)CC2)c2c(n1)[nH]c(=O)n2CC)=C(/N)[C@H]1CCCCC12OCCO2. The van der Waals surface area contributed by atoms with Crippen LogP contribution in [0.4, 0.5) is 0 Å². The van der Waals surface area contributed by atoms with Crippen molar-refractivity contribution in [1.29, 1.82) is 0 Å². The zero-order chi connectivity index (χ0) is 28.6. The first kappa shape index (κ1) is 28.4. The molecule has 41 heavy (non-hydrogen) atoms. The number of carbonyl (C=O) groups excluding carboxylic acids is 1. The highest BCUT2D eigenvalue weighted by atomic mass is 16.7. The lowest BCUT2D eigenvalue weighted by Crippen LogP contribution is -2.45. The number of hydrogen-bond donors (Lipinski definition) is 2. The van der Waals surface area contributed by atoms with Gasteiger partial charge in [0.15, 0.2) is 17.0 Å². The average molecular weight is 569 g/mol. The number of aromatic nitrogens is 4. The van der Waals surface area contributed by atoms with E-state index in [4.69, 9.17) is 19.9 Å². The minimum Gasteiger partial charge on any atom is -0.475 e. The number of nitrogens with two attached hydrogens (primary N) is 1. The third-order valence-corrected chi connectivity index (χ3v) is 9.41. The Morgan fingerprint density at radius 3 is 2.54 bits per heavy atom. The van der Waals surface area contributed by atoms with Crippen LogP contribution in [0.3, 0.4) is 0 Å². The Balaban J connectivity index is 1.34. The maximum atomic E-state index is 14.1. The van der Waals surface area contributed by atoms with Crippen molar-refractivity contribution in [3.63, 3.8) is 0 Å². The molecule has 0 unspecified atom stereocenters. The summed E-state index contributed by atoms with van der Waals surface area (Å²) in [6.07, 6.45) is 9.48. The zero-order valence-electron chi connectivity index (χ0n) is 24.5. The summed E-state index contributed by atoms with van der Waals surface area (Å²) in [5.41, 5.74) is 8.42. The number of aromatic amines is 1. The number of carbonyl (C=O) groups is 1. The number of hydrogen-bond acceptors (Lipinski definition) is 9. The lowest BCUT2D eigenvalue weighted by molar-refractivity contribution is -0.203. The van der Waals surface area contributed by atoms with Crippen LogP contribution in [0, 0.1) is 11.3 Å². The smallest absolute Gasteiger partial charge is 0.327 e. The predicted molar refractivity (Wildman–Crippen MR) is 154 cm³/mol. The van der Waals surface area contributed by atoms with E-state index in [-0.39, 0.29) is 34.5 Å². The molecule has 4 heterocycles. The van der Waals surface area contributed by atoms with Crippen molar-refractivity contribution in [3.05, 3.63) is 27.6 Å². The van der Waals surface area contributed by atoms with Gasteiger partial charge in [-0.15, -0.1) is 0 Å². The summed E-state index contributed by atoms with van der Waals surface area (Å²) in [6, 6.07) is 0. The molecule has 2 aromatic rings. The molecule has 2 saturated heterocycles. The molecule has 2 saturated carbocycles. The molecule has 2 aromatic heterocycles. The van der Waals surface area contributed by atoms with Crippen LogP contribution in [-0.2, 0) is 16.0 Å². The number of aryl methyl sites for hydroxylation is 1. The van der Waals surface area contributed by atoms with Crippen LogP contribution in [0.15, 0.2) is 16.1 Å². The Bertz CT molecular complexity index is 1360. The minimum atomic E-state index is -0.766. The monoisotopic (exact) mass is 568 g/mol. The van der Waals surface area contributed by atoms with Gasteiger partial charge in [0.25, 0.3) is 0 Å². The van der Waals surface area contributed by atoms with Crippen molar-refractivity contribution in [2.24, 2.45) is 17.1 Å². The lowest BCUT2D eigenvalue weighted by Gasteiger charge is -2.40. The third-order valence-electron chi connectivity index (χ3n) is 9.41. The quantitative estimate of drug-likeness (QED) is 0.308. The summed E-state index contributed by atoms with van der Waals surface area (Å²) in [6.45, 7) is 9.18. The fraction of sp³-hybridized carbons (Fsp3) is 0.733. The number of nitrogens with one attached hydrogen (secondary N) is 1. The molecule has 11 heteroatoms. The van der Waals surface area contributed by atoms with Crippen molar-refractivity contribution in [3.8, 4) is 5.88 Å². The summed E-state index contributed by atoms with van der Waals surface area (Å²) in [7, 11) is 0. The van der Waals surface area contributed by atoms with Gasteiger partial charge in [0.1, 0.15) is 0 Å². The number of fused-ring (bicyclic) bond motifs is 1. The predicted octanol–water partition coefficient (Wildman–Crippen LogP) is 3.52. The molecule has 0 bridgehead atoms. The summed E-state index contributed by atoms with van der Waals surface area (Å²) >= 11 is 0. The summed E-state index contributed by atoms with van der Waals surface area (Å²) in [5.74, 6) is -1.04. The van der Waals surface area contributed by atoms with Gasteiger partial charge in [0.05, 0.1) is 25.7 Å². The number of allylic oxidation sites excluding steroid dienone is 1. The Labute approximate surface area is 240 Å². The van der Waals surface area contributed by atoms with Crippen LogP contribution in [0.25, 0.3) is 11.2 Å². The molecule has 0 radical (unpaired) electrons. The normalized spacial score (nSPS) is 24.2. The van der Waals surface area contributed by atoms with Gasteiger partial charge in [-0.3, -0.25) is 14.3 Å². The van der Waals surface area contributed by atoms with Gasteiger partial charge >= 0.3 is 5.69 Å². The largest absolute Gasteiger partial charge is 0.475 e. The van der Waals surface area contributed by atoms with E-state index in [1.165, 1.54) is 12.8 Å². The molecule has 4 fully saturated rings. The Morgan fingerprint density at radius 1 is 1.10 bits per heavy atom. The van der Waals surface area contributed by atoms with Gasteiger partial charge in [0, 0.05) is 36.2 Å². The maximum Gasteiger partial charge on any atom is 0.327 e. The average Bonchev–Trinajstić information content (AvgIpc) is 3.29. The molecule has 2 aliphatic carbocycles. The lowest BCUT2D eigenvalue weighted by atomic mass is 9.79. The first-order valence-corrected chi connectivity index (χ1v) is 15.6. The second-order valence-electron chi connectivity index (χ2n) is 12.3. The number of Topliss-reactive ketones (excluding diaryl/α,β-unsaturated/α-hetero) is 1. The van der Waals surface area contributed by atoms with Crippen LogP contribution in [0.5, 0.6) is 5.88 Å². The second kappa shape index (κ2) is 11.5. The fourth-order valence-corrected chi connectivity index (χ4v) is 7.01. The maximum absolute atomic E-state index is 14.1. The summed E-state index contributed by atoms with van der Waals surface area (Å²) in [4.78, 5) is 41.5. The third kappa shape index (κ3) is 5.44. The Kier molecular flexibility index (Phi) is 7.95. The van der Waals surface area contributed by atoms with Crippen molar-refractivity contribution in [2.45, 2.75) is 90.4 Å². The van der Waals surface area contributed by atoms with E-state index in [1.54, 1.807) is 4.57 Å². The number of H-pyrrole nitrogens is 1. The molecule has 4 aliphatic rings. The van der Waals surface area contributed by atoms with E-state index in [0.29, 0.717) is 55.2 Å². The zero-order valence-corrected chi connectivity index (χ0v) is 24.5. The highest BCUT2D eigenvalue weighted by molar-refractivity contribution is 6.07. The molecule has 0 aromatic carbocycles. The summed E-state index contributed by atoms with van der Waals surface area (Å²) < 4.78 is 20.2. The topological polar surface area (TPSA) is 138 Å². The summed E-state index contributed by atoms with van der Waals surface area (Å²) in [5, 5.41) is 0. The van der Waals surface area contributed by atoms with Crippen molar-refractivity contribution < 1.29 is 19.0 Å². The van der Waals surface area contributed by atoms with Crippen LogP contribution in [-0.4, -0.2) is 75.4 Å². The molecule has 0 amide bonds.